The molecule has 0 bridgehead atoms. The van der Waals surface area contributed by atoms with Crippen LogP contribution in [0.1, 0.15) is 16.9 Å². The number of benzene rings is 2. The average Bonchev–Trinajstić information content (AvgIpc) is 3.19. The molecule has 210 valence electrons. The van der Waals surface area contributed by atoms with Crippen molar-refractivity contribution >= 4 is 42.5 Å². The summed E-state index contributed by atoms with van der Waals surface area (Å²) in [6, 6.07) is 9.37. The zero-order valence-electron chi connectivity index (χ0n) is 21.7. The molecule has 0 saturated carbocycles. The normalized spacial score (nSPS) is 19.7. The Balaban J connectivity index is 1.61. The molecule has 3 aromatic rings. The van der Waals surface area contributed by atoms with Crippen molar-refractivity contribution in [2.45, 2.75) is 36.1 Å². The molecule has 0 amide bonds. The molecule has 39 heavy (non-hydrogen) atoms. The molecule has 3 N–H and O–H groups in total. The van der Waals surface area contributed by atoms with Gasteiger partial charge in [0.15, 0.2) is 0 Å². The third kappa shape index (κ3) is 7.15. The van der Waals surface area contributed by atoms with Crippen LogP contribution in [0.2, 0.25) is 0 Å². The zero-order chi connectivity index (χ0) is 28.4. The summed E-state index contributed by atoms with van der Waals surface area (Å²) in [4.78, 5) is 2.54. The fourth-order valence-corrected chi connectivity index (χ4v) is 6.33. The number of hydrogen-bond donors (Lipinski definition) is 3. The van der Waals surface area contributed by atoms with Crippen LogP contribution in [-0.2, 0) is 16.1 Å². The topological polar surface area (TPSA) is 77.4 Å². The van der Waals surface area contributed by atoms with Crippen molar-refractivity contribution in [3.8, 4) is 17.6 Å². The average molecular weight is 583 g/mol. The minimum absolute atomic E-state index is 0.105. The van der Waals surface area contributed by atoms with E-state index in [1.807, 2.05) is 11.9 Å². The van der Waals surface area contributed by atoms with E-state index in [-0.39, 0.29) is 12.1 Å². The van der Waals surface area contributed by atoms with Crippen LogP contribution in [0.3, 0.4) is 0 Å². The third-order valence-corrected chi connectivity index (χ3v) is 8.82. The number of ether oxygens (including phenoxy) is 1. The van der Waals surface area contributed by atoms with Crippen molar-refractivity contribution in [1.29, 1.82) is 4.78 Å². The first-order valence-corrected chi connectivity index (χ1v) is 15.0. The fraction of sp³-hybridized carbons (Fsp3) is 0.407. The lowest BCUT2D eigenvalue weighted by atomic mass is 10.0. The van der Waals surface area contributed by atoms with E-state index >= 15 is 0 Å². The number of piperidine rings is 1. The van der Waals surface area contributed by atoms with Gasteiger partial charge in [-0.2, -0.15) is 13.2 Å². The van der Waals surface area contributed by atoms with E-state index in [1.54, 1.807) is 30.3 Å². The van der Waals surface area contributed by atoms with Crippen LogP contribution in [0.25, 0.3) is 10.1 Å². The van der Waals surface area contributed by atoms with Gasteiger partial charge in [-0.3, -0.25) is 0 Å². The number of fused-ring (bicyclic) bond motifs is 1. The third-order valence-electron chi connectivity index (χ3n) is 6.47. The molecular weight excluding hydrogens is 552 g/mol. The summed E-state index contributed by atoms with van der Waals surface area (Å²) in [5.41, 5.74) is 1.27. The Morgan fingerprint density at radius 2 is 2.03 bits per heavy atom. The quantitative estimate of drug-likeness (QED) is 0.237. The van der Waals surface area contributed by atoms with Gasteiger partial charge in [-0.1, -0.05) is 24.0 Å². The predicted molar refractivity (Wildman–Crippen MR) is 149 cm³/mol. The van der Waals surface area contributed by atoms with Crippen molar-refractivity contribution in [3.63, 3.8) is 0 Å². The van der Waals surface area contributed by atoms with E-state index in [4.69, 9.17) is 9.52 Å². The number of halogens is 4. The van der Waals surface area contributed by atoms with Gasteiger partial charge in [0.1, 0.15) is 11.9 Å². The summed E-state index contributed by atoms with van der Waals surface area (Å²) >= 11 is 1.17. The highest BCUT2D eigenvalue weighted by atomic mass is 32.2. The summed E-state index contributed by atoms with van der Waals surface area (Å²) in [7, 11) is 0.385. The number of nitrogens with zero attached hydrogens (tertiary/aromatic N) is 1. The van der Waals surface area contributed by atoms with E-state index in [0.717, 1.165) is 6.54 Å². The summed E-state index contributed by atoms with van der Waals surface area (Å²) < 4.78 is 80.9. The molecule has 0 radical (unpaired) electrons. The molecule has 1 aromatic heterocycles. The number of anilines is 2. The number of methoxy groups -OCH3 is 1. The minimum Gasteiger partial charge on any atom is -0.495 e. The van der Waals surface area contributed by atoms with Crippen LogP contribution in [0.15, 0.2) is 41.3 Å². The van der Waals surface area contributed by atoms with E-state index in [1.165, 1.54) is 30.8 Å². The molecule has 3 atom stereocenters. The number of thiophene rings is 1. The Kier molecular flexibility index (Phi) is 8.63. The number of likely N-dealkylation sites (tertiary alicyclic amines) is 1. The molecule has 4 rings (SSSR count). The van der Waals surface area contributed by atoms with Crippen molar-refractivity contribution in [2.75, 3.05) is 50.7 Å². The fourth-order valence-electron chi connectivity index (χ4n) is 4.50. The first-order valence-electron chi connectivity index (χ1n) is 12.2. The van der Waals surface area contributed by atoms with Gasteiger partial charge in [-0.15, -0.1) is 11.3 Å². The molecule has 2 heterocycles. The largest absolute Gasteiger partial charge is 0.495 e. The second kappa shape index (κ2) is 11.6. The Bertz CT molecular complexity index is 1510. The van der Waals surface area contributed by atoms with Gasteiger partial charge in [0.2, 0.25) is 0 Å². The van der Waals surface area contributed by atoms with E-state index in [0.29, 0.717) is 49.9 Å². The second-order valence-electron chi connectivity index (χ2n) is 9.56. The number of rotatable bonds is 7. The van der Waals surface area contributed by atoms with Gasteiger partial charge in [-0.05, 0) is 48.7 Å². The predicted octanol–water partition coefficient (Wildman–Crippen LogP) is 5.97. The van der Waals surface area contributed by atoms with Crippen LogP contribution in [0, 0.1) is 16.6 Å². The maximum Gasteiger partial charge on any atom is 0.393 e. The summed E-state index contributed by atoms with van der Waals surface area (Å²) in [5.74, 6) is 6.17. The molecule has 1 saturated heterocycles. The molecule has 1 aliphatic rings. The smallest absolute Gasteiger partial charge is 0.393 e. The van der Waals surface area contributed by atoms with Gasteiger partial charge in [-0.25, -0.2) is 13.4 Å². The van der Waals surface area contributed by atoms with E-state index < -0.39 is 34.5 Å². The molecule has 2 aromatic carbocycles. The monoisotopic (exact) mass is 582 g/mol. The van der Waals surface area contributed by atoms with Crippen LogP contribution >= 0.6 is 11.3 Å². The number of alkyl halides is 4. The molecule has 0 spiro atoms. The molecule has 12 heteroatoms. The highest BCUT2D eigenvalue weighted by Gasteiger charge is 2.32. The number of hydrogen-bond acceptors (Lipinski definition) is 7. The zero-order valence-corrected chi connectivity index (χ0v) is 23.4. The highest BCUT2D eigenvalue weighted by Crippen LogP contribution is 2.39. The molecule has 1 aliphatic heterocycles. The Labute approximate surface area is 229 Å². The van der Waals surface area contributed by atoms with E-state index in [2.05, 4.69) is 22.5 Å². The standard InChI is InChI=1S/C27H30F4N4O2S2/c1-35-13-11-21(20(28)16-35)34-23-7-4-6-18-19(15-27(29,30)31)25(38-26(18)23)8-5-12-33-22-10-9-17(39(3,32)36)14-24(22)37-2/h4,6-7,9-10,14,20-21,32-34H,11-13,15-16H2,1-3H3/t20-,21-,39?/m0/s1. The lowest BCUT2D eigenvalue weighted by Crippen LogP contribution is -2.46. The SMILES string of the molecule is COc1cc(S(C)(=N)=O)ccc1NCC#Cc1sc2c(N[C@H]3CCN(C)C[C@@H]3F)cccc2c1CC(F)(F)F. The summed E-state index contributed by atoms with van der Waals surface area (Å²) in [5, 5.41) is 6.75. The van der Waals surface area contributed by atoms with Crippen molar-refractivity contribution in [3.05, 3.63) is 46.8 Å². The van der Waals surface area contributed by atoms with Gasteiger partial charge < -0.3 is 20.3 Å². The minimum atomic E-state index is -4.42. The van der Waals surface area contributed by atoms with Crippen molar-refractivity contribution in [2.24, 2.45) is 0 Å². The summed E-state index contributed by atoms with van der Waals surface area (Å²) in [6.45, 7) is 1.15. The van der Waals surface area contributed by atoms with Crippen molar-refractivity contribution in [1.82, 2.24) is 4.90 Å². The van der Waals surface area contributed by atoms with Gasteiger partial charge >= 0.3 is 6.18 Å². The van der Waals surface area contributed by atoms with Crippen LogP contribution in [0.4, 0.5) is 28.9 Å². The summed E-state index contributed by atoms with van der Waals surface area (Å²) in [6.07, 6.45) is -4.72. The Hall–Kier alpha value is -3.01. The first-order chi connectivity index (χ1) is 18.4. The maximum absolute atomic E-state index is 14.7. The second-order valence-corrected chi connectivity index (χ2v) is 12.7. The van der Waals surface area contributed by atoms with Crippen molar-refractivity contribution < 1.29 is 26.5 Å². The highest BCUT2D eigenvalue weighted by molar-refractivity contribution is 7.91. The first kappa shape index (κ1) is 29.0. The van der Waals surface area contributed by atoms with Gasteiger partial charge in [0, 0.05) is 19.3 Å². The molecule has 1 unspecified atom stereocenters. The molecule has 0 aliphatic carbocycles. The Morgan fingerprint density at radius 3 is 2.69 bits per heavy atom. The molecule has 1 fully saturated rings. The van der Waals surface area contributed by atoms with Gasteiger partial charge in [0.05, 0.1) is 61.7 Å². The maximum atomic E-state index is 14.7. The van der Waals surface area contributed by atoms with E-state index in [9.17, 15) is 21.8 Å². The Morgan fingerprint density at radius 1 is 1.26 bits per heavy atom. The van der Waals surface area contributed by atoms with Gasteiger partial charge in [0.25, 0.3) is 0 Å². The molecule has 6 nitrogen and oxygen atoms in total. The van der Waals surface area contributed by atoms with Crippen LogP contribution in [0.5, 0.6) is 5.75 Å². The van der Waals surface area contributed by atoms with Crippen LogP contribution < -0.4 is 15.4 Å². The lowest BCUT2D eigenvalue weighted by Gasteiger charge is -2.33. The lowest BCUT2D eigenvalue weighted by molar-refractivity contribution is -0.126. The number of nitrogens with one attached hydrogen (secondary N) is 3. The van der Waals surface area contributed by atoms with Crippen LogP contribution in [-0.4, -0.2) is 67.5 Å². The molecular formula is C27H30F4N4O2S2.